The summed E-state index contributed by atoms with van der Waals surface area (Å²) in [5, 5.41) is 2.46. The number of fused-ring (bicyclic) bond motifs is 2. The molecule has 3 unspecified atom stereocenters. The Kier molecular flexibility index (Phi) is 5.72. The predicted molar refractivity (Wildman–Crippen MR) is 114 cm³/mol. The third kappa shape index (κ3) is 4.37. The van der Waals surface area contributed by atoms with Gasteiger partial charge in [0.1, 0.15) is 6.61 Å². The third-order valence-corrected chi connectivity index (χ3v) is 7.21. The van der Waals surface area contributed by atoms with E-state index >= 15 is 0 Å². The van der Waals surface area contributed by atoms with Crippen LogP contribution in [-0.2, 0) is 20.9 Å². The van der Waals surface area contributed by atoms with Crippen LogP contribution in [0.3, 0.4) is 0 Å². The van der Waals surface area contributed by atoms with E-state index < -0.39 is 0 Å². The van der Waals surface area contributed by atoms with Crippen molar-refractivity contribution < 1.29 is 14.3 Å². The van der Waals surface area contributed by atoms with E-state index in [1.54, 1.807) is 4.90 Å². The average Bonchev–Trinajstić information content (AvgIpc) is 3.39. The summed E-state index contributed by atoms with van der Waals surface area (Å²) >= 11 is 1.39. The molecule has 3 atom stereocenters. The summed E-state index contributed by atoms with van der Waals surface area (Å²) in [6.07, 6.45) is 5.62. The van der Waals surface area contributed by atoms with E-state index in [-0.39, 0.29) is 18.5 Å². The lowest BCUT2D eigenvalue weighted by molar-refractivity contribution is -0.146. The van der Waals surface area contributed by atoms with Gasteiger partial charge in [0.15, 0.2) is 5.13 Å². The van der Waals surface area contributed by atoms with Crippen LogP contribution in [0, 0.1) is 31.6 Å². The molecule has 1 heterocycles. The molecule has 0 radical (unpaired) electrons. The standard InChI is InChI=1S/C23H28N2O3S/c1-14-4-7-21(15(2)8-14)25(16(3)26)23-24-20(13-29-23)12-28-22(27)11-19-10-17-5-6-18(19)9-17/h4,7-8,13,17-19H,5-6,9-12H2,1-3H3. The van der Waals surface area contributed by atoms with Crippen LogP contribution in [0.25, 0.3) is 0 Å². The van der Waals surface area contributed by atoms with Crippen molar-refractivity contribution in [1.82, 2.24) is 4.98 Å². The minimum atomic E-state index is -0.130. The second kappa shape index (κ2) is 8.27. The quantitative estimate of drug-likeness (QED) is 0.603. The molecule has 29 heavy (non-hydrogen) atoms. The van der Waals surface area contributed by atoms with E-state index in [0.717, 1.165) is 28.7 Å². The zero-order valence-corrected chi connectivity index (χ0v) is 18.1. The van der Waals surface area contributed by atoms with Crippen LogP contribution in [0.4, 0.5) is 10.8 Å². The van der Waals surface area contributed by atoms with Crippen molar-refractivity contribution in [3.8, 4) is 0 Å². The number of aromatic nitrogens is 1. The Labute approximate surface area is 176 Å². The van der Waals surface area contributed by atoms with E-state index in [9.17, 15) is 9.59 Å². The minimum absolute atomic E-state index is 0.0915. The fraction of sp³-hybridized carbons (Fsp3) is 0.522. The second-order valence-electron chi connectivity index (χ2n) is 8.57. The molecular formula is C23H28N2O3S. The minimum Gasteiger partial charge on any atom is -0.459 e. The lowest BCUT2D eigenvalue weighted by atomic mass is 9.86. The first-order valence-electron chi connectivity index (χ1n) is 10.4. The summed E-state index contributed by atoms with van der Waals surface area (Å²) in [6, 6.07) is 5.99. The average molecular weight is 413 g/mol. The monoisotopic (exact) mass is 412 g/mol. The summed E-state index contributed by atoms with van der Waals surface area (Å²) < 4.78 is 5.50. The highest BCUT2D eigenvalue weighted by Gasteiger charge is 2.40. The maximum Gasteiger partial charge on any atom is 0.306 e. The maximum absolute atomic E-state index is 12.3. The van der Waals surface area contributed by atoms with Gasteiger partial charge >= 0.3 is 5.97 Å². The number of amides is 1. The van der Waals surface area contributed by atoms with Crippen LogP contribution in [-0.4, -0.2) is 16.9 Å². The van der Waals surface area contributed by atoms with Crippen LogP contribution < -0.4 is 4.90 Å². The van der Waals surface area contributed by atoms with Crippen LogP contribution >= 0.6 is 11.3 Å². The molecule has 0 saturated heterocycles. The molecule has 1 aromatic heterocycles. The first-order chi connectivity index (χ1) is 13.9. The van der Waals surface area contributed by atoms with Gasteiger partial charge in [-0.15, -0.1) is 11.3 Å². The number of anilines is 2. The SMILES string of the molecule is CC(=O)N(c1nc(COC(=O)CC2CC3CCC2C3)cs1)c1ccc(C)cc1C. The van der Waals surface area contributed by atoms with Crippen molar-refractivity contribution in [3.63, 3.8) is 0 Å². The molecule has 4 rings (SSSR count). The van der Waals surface area contributed by atoms with Crippen molar-refractivity contribution >= 4 is 34.0 Å². The van der Waals surface area contributed by atoms with Gasteiger partial charge in [0.25, 0.3) is 0 Å². The van der Waals surface area contributed by atoms with Crippen LogP contribution in [0.2, 0.25) is 0 Å². The molecule has 6 heteroatoms. The van der Waals surface area contributed by atoms with Gasteiger partial charge in [-0.2, -0.15) is 0 Å². The van der Waals surface area contributed by atoms with E-state index in [2.05, 4.69) is 11.1 Å². The Hall–Kier alpha value is -2.21. The molecule has 2 aromatic rings. The number of thiazole rings is 1. The molecule has 2 saturated carbocycles. The highest BCUT2D eigenvalue weighted by Crippen LogP contribution is 2.49. The number of benzene rings is 1. The smallest absolute Gasteiger partial charge is 0.306 e. The number of aryl methyl sites for hydroxylation is 2. The topological polar surface area (TPSA) is 59.5 Å². The third-order valence-electron chi connectivity index (χ3n) is 6.33. The summed E-state index contributed by atoms with van der Waals surface area (Å²) in [6.45, 7) is 5.72. The molecule has 154 valence electrons. The Bertz CT molecular complexity index is 923. The highest BCUT2D eigenvalue weighted by molar-refractivity contribution is 7.14. The summed E-state index contributed by atoms with van der Waals surface area (Å²) in [7, 11) is 0. The van der Waals surface area contributed by atoms with E-state index in [4.69, 9.17) is 4.74 Å². The summed E-state index contributed by atoms with van der Waals surface area (Å²) in [4.78, 5) is 30.8. The van der Waals surface area contributed by atoms with Crippen LogP contribution in [0.5, 0.6) is 0 Å². The lowest BCUT2D eigenvalue weighted by Crippen LogP contribution is -2.23. The number of ether oxygens (including phenoxy) is 1. The first kappa shape index (κ1) is 20.1. The predicted octanol–water partition coefficient (Wildman–Crippen LogP) is 5.31. The molecular weight excluding hydrogens is 384 g/mol. The van der Waals surface area contributed by atoms with Gasteiger partial charge in [-0.1, -0.05) is 24.1 Å². The van der Waals surface area contributed by atoms with E-state index in [0.29, 0.717) is 23.2 Å². The number of esters is 1. The number of hydrogen-bond donors (Lipinski definition) is 0. The number of carbonyl (C=O) groups is 2. The van der Waals surface area contributed by atoms with Gasteiger partial charge in [0.2, 0.25) is 5.91 Å². The largest absolute Gasteiger partial charge is 0.459 e. The number of hydrogen-bond acceptors (Lipinski definition) is 5. The number of nitrogens with zero attached hydrogens (tertiary/aromatic N) is 2. The Morgan fingerprint density at radius 2 is 2.07 bits per heavy atom. The molecule has 0 spiro atoms. The van der Waals surface area contributed by atoms with Gasteiger partial charge in [-0.25, -0.2) is 4.98 Å². The van der Waals surface area contributed by atoms with Crippen molar-refractivity contribution in [1.29, 1.82) is 0 Å². The van der Waals surface area contributed by atoms with Crippen LogP contribution in [0.15, 0.2) is 23.6 Å². The number of carbonyl (C=O) groups excluding carboxylic acids is 2. The van der Waals surface area contributed by atoms with E-state index in [1.165, 1.54) is 43.9 Å². The molecule has 2 aliphatic rings. The Balaban J connectivity index is 1.39. The normalized spacial score (nSPS) is 22.7. The number of rotatable bonds is 6. The summed E-state index contributed by atoms with van der Waals surface area (Å²) in [5.74, 6) is 1.84. The van der Waals surface area contributed by atoms with Gasteiger partial charge in [0, 0.05) is 18.7 Å². The lowest BCUT2D eigenvalue weighted by Gasteiger charge is -2.20. The Morgan fingerprint density at radius 1 is 1.24 bits per heavy atom. The fourth-order valence-corrected chi connectivity index (χ4v) is 5.85. The van der Waals surface area contributed by atoms with Crippen molar-refractivity contribution in [2.75, 3.05) is 4.90 Å². The van der Waals surface area contributed by atoms with Crippen molar-refractivity contribution in [2.24, 2.45) is 17.8 Å². The molecule has 1 amide bonds. The molecule has 2 aliphatic carbocycles. The Morgan fingerprint density at radius 3 is 2.72 bits per heavy atom. The molecule has 0 N–H and O–H groups in total. The highest BCUT2D eigenvalue weighted by atomic mass is 32.1. The molecule has 1 aromatic carbocycles. The zero-order chi connectivity index (χ0) is 20.5. The van der Waals surface area contributed by atoms with Gasteiger partial charge in [-0.05, 0) is 62.5 Å². The molecule has 2 fully saturated rings. The fourth-order valence-electron chi connectivity index (χ4n) is 4.98. The molecule has 2 bridgehead atoms. The van der Waals surface area contributed by atoms with Gasteiger partial charge < -0.3 is 4.74 Å². The van der Waals surface area contributed by atoms with Crippen molar-refractivity contribution in [2.45, 2.75) is 59.5 Å². The van der Waals surface area contributed by atoms with Crippen LogP contribution in [0.1, 0.15) is 55.8 Å². The van der Waals surface area contributed by atoms with Crippen molar-refractivity contribution in [3.05, 3.63) is 40.4 Å². The maximum atomic E-state index is 12.3. The zero-order valence-electron chi connectivity index (χ0n) is 17.3. The van der Waals surface area contributed by atoms with Gasteiger partial charge in [0.05, 0.1) is 11.4 Å². The summed E-state index contributed by atoms with van der Waals surface area (Å²) in [5.41, 5.74) is 3.69. The second-order valence-corrected chi connectivity index (χ2v) is 9.40. The molecule has 5 nitrogen and oxygen atoms in total. The van der Waals surface area contributed by atoms with E-state index in [1.807, 2.05) is 31.4 Å². The first-order valence-corrected chi connectivity index (χ1v) is 11.3. The van der Waals surface area contributed by atoms with Gasteiger partial charge in [-0.3, -0.25) is 14.5 Å². The molecule has 0 aliphatic heterocycles.